The van der Waals surface area contributed by atoms with Gasteiger partial charge < -0.3 is 19.1 Å². The maximum atomic E-state index is 14.5. The standard InChI is InChI=1S/C31H26ClNO6/c1-16(34)27-26(18-14-23(37-2)28(39-4)24(15-18)38-3)31(29(35)20-7-5-6-8-21(20)30(31)36)25-12-9-17-13-19(32)10-11-22(17)33(25)27/h5-15,25-27H,1-4H3/t25-,26-,27-/m1/s1. The van der Waals surface area contributed by atoms with E-state index in [-0.39, 0.29) is 17.3 Å². The summed E-state index contributed by atoms with van der Waals surface area (Å²) in [4.78, 5) is 44.6. The van der Waals surface area contributed by atoms with Gasteiger partial charge in [-0.15, -0.1) is 0 Å². The number of halogens is 1. The largest absolute Gasteiger partial charge is 0.493 e. The molecule has 1 fully saturated rings. The molecule has 3 aromatic carbocycles. The van der Waals surface area contributed by atoms with Gasteiger partial charge in [0.25, 0.3) is 0 Å². The molecule has 0 aromatic heterocycles. The first kappa shape index (κ1) is 25.2. The van der Waals surface area contributed by atoms with Gasteiger partial charge in [-0.3, -0.25) is 14.4 Å². The summed E-state index contributed by atoms with van der Waals surface area (Å²) in [6, 6.07) is 14.2. The minimum absolute atomic E-state index is 0.177. The molecule has 198 valence electrons. The number of rotatable bonds is 5. The smallest absolute Gasteiger partial charge is 0.203 e. The van der Waals surface area contributed by atoms with Crippen molar-refractivity contribution < 1.29 is 28.6 Å². The zero-order valence-corrected chi connectivity index (χ0v) is 22.6. The second-order valence-corrected chi connectivity index (χ2v) is 10.4. The van der Waals surface area contributed by atoms with Gasteiger partial charge in [-0.05, 0) is 48.4 Å². The van der Waals surface area contributed by atoms with Crippen molar-refractivity contribution >= 4 is 40.7 Å². The molecule has 0 bridgehead atoms. The molecule has 1 aliphatic carbocycles. The van der Waals surface area contributed by atoms with Crippen molar-refractivity contribution in [3.05, 3.63) is 87.9 Å². The number of hydrogen-bond donors (Lipinski definition) is 0. The molecule has 2 heterocycles. The number of ketones is 3. The summed E-state index contributed by atoms with van der Waals surface area (Å²) in [5, 5.41) is 0.548. The zero-order chi connectivity index (χ0) is 27.6. The van der Waals surface area contributed by atoms with Gasteiger partial charge in [-0.2, -0.15) is 0 Å². The van der Waals surface area contributed by atoms with E-state index in [0.29, 0.717) is 39.0 Å². The van der Waals surface area contributed by atoms with Crippen LogP contribution in [0.3, 0.4) is 0 Å². The van der Waals surface area contributed by atoms with Crippen molar-refractivity contribution in [2.75, 3.05) is 26.2 Å². The van der Waals surface area contributed by atoms with Gasteiger partial charge in [-0.1, -0.05) is 48.0 Å². The van der Waals surface area contributed by atoms with E-state index in [1.807, 2.05) is 29.2 Å². The first-order valence-corrected chi connectivity index (χ1v) is 12.9. The average molecular weight is 544 g/mol. The van der Waals surface area contributed by atoms with Gasteiger partial charge in [0.15, 0.2) is 28.8 Å². The maximum Gasteiger partial charge on any atom is 0.203 e. The van der Waals surface area contributed by atoms with Crippen LogP contribution in [-0.2, 0) is 4.79 Å². The number of ether oxygens (including phenoxy) is 3. The normalized spacial score (nSPS) is 22.0. The van der Waals surface area contributed by atoms with E-state index in [1.54, 1.807) is 42.5 Å². The fourth-order valence-electron chi connectivity index (χ4n) is 6.75. The summed E-state index contributed by atoms with van der Waals surface area (Å²) < 4.78 is 16.8. The number of hydrogen-bond acceptors (Lipinski definition) is 7. The Kier molecular flexibility index (Phi) is 5.81. The van der Waals surface area contributed by atoms with Gasteiger partial charge in [0, 0.05) is 27.8 Å². The van der Waals surface area contributed by atoms with Crippen LogP contribution in [0.15, 0.2) is 60.7 Å². The van der Waals surface area contributed by atoms with Crippen molar-refractivity contribution in [3.63, 3.8) is 0 Å². The molecule has 1 saturated heterocycles. The number of carbonyl (C=O) groups excluding carboxylic acids is 3. The Morgan fingerprint density at radius 2 is 1.51 bits per heavy atom. The molecule has 3 atom stereocenters. The predicted molar refractivity (Wildman–Crippen MR) is 148 cm³/mol. The summed E-state index contributed by atoms with van der Waals surface area (Å²) in [7, 11) is 4.51. The van der Waals surface area contributed by atoms with E-state index in [9.17, 15) is 14.4 Å². The number of anilines is 1. The third kappa shape index (κ3) is 3.26. The Labute approximate surface area is 230 Å². The average Bonchev–Trinajstić information content (AvgIpc) is 3.38. The highest BCUT2D eigenvalue weighted by Gasteiger charge is 2.71. The van der Waals surface area contributed by atoms with E-state index in [1.165, 1.54) is 28.3 Å². The number of nitrogens with zero attached hydrogens (tertiary/aromatic N) is 1. The third-order valence-electron chi connectivity index (χ3n) is 8.23. The van der Waals surface area contributed by atoms with Crippen molar-refractivity contribution in [2.24, 2.45) is 5.41 Å². The monoisotopic (exact) mass is 543 g/mol. The second kappa shape index (κ2) is 8.99. The van der Waals surface area contributed by atoms with Crippen LogP contribution in [0.5, 0.6) is 17.2 Å². The molecule has 0 N–H and O–H groups in total. The molecule has 0 amide bonds. The number of fused-ring (bicyclic) bond motifs is 5. The Bertz CT molecular complexity index is 1530. The number of carbonyl (C=O) groups is 3. The topological polar surface area (TPSA) is 82.1 Å². The lowest BCUT2D eigenvalue weighted by Crippen LogP contribution is -2.48. The summed E-state index contributed by atoms with van der Waals surface area (Å²) in [6.07, 6.45) is 3.73. The summed E-state index contributed by atoms with van der Waals surface area (Å²) in [6.45, 7) is 1.50. The van der Waals surface area contributed by atoms with Crippen LogP contribution in [0, 0.1) is 5.41 Å². The SMILES string of the molecule is COc1cc([C@@H]2[C@@H](C(C)=O)N3c4ccc(Cl)cc4C=C[C@@H]3C23C(=O)c2ccccc2C3=O)cc(OC)c1OC. The molecule has 0 radical (unpaired) electrons. The van der Waals surface area contributed by atoms with E-state index in [2.05, 4.69) is 0 Å². The molecule has 0 unspecified atom stereocenters. The van der Waals surface area contributed by atoms with Crippen molar-refractivity contribution in [1.29, 1.82) is 0 Å². The van der Waals surface area contributed by atoms with Crippen LogP contribution in [-0.4, -0.2) is 50.8 Å². The van der Waals surface area contributed by atoms with E-state index < -0.39 is 23.4 Å². The van der Waals surface area contributed by atoms with E-state index >= 15 is 0 Å². The van der Waals surface area contributed by atoms with Gasteiger partial charge in [0.1, 0.15) is 5.41 Å². The number of methoxy groups -OCH3 is 3. The van der Waals surface area contributed by atoms with Crippen molar-refractivity contribution in [2.45, 2.75) is 24.9 Å². The van der Waals surface area contributed by atoms with Crippen LogP contribution in [0.25, 0.3) is 6.08 Å². The summed E-state index contributed by atoms with van der Waals surface area (Å²) in [5.74, 6) is -0.527. The van der Waals surface area contributed by atoms with Crippen LogP contribution in [0.1, 0.15) is 44.7 Å². The summed E-state index contributed by atoms with van der Waals surface area (Å²) >= 11 is 6.30. The highest BCUT2D eigenvalue weighted by Crippen LogP contribution is 2.61. The first-order valence-electron chi connectivity index (χ1n) is 12.5. The summed E-state index contributed by atoms with van der Waals surface area (Å²) in [5.41, 5.74) is 1.23. The molecule has 7 nitrogen and oxygen atoms in total. The van der Waals surface area contributed by atoms with Crippen molar-refractivity contribution in [3.8, 4) is 17.2 Å². The molecular formula is C31H26ClNO6. The lowest BCUT2D eigenvalue weighted by molar-refractivity contribution is -0.118. The third-order valence-corrected chi connectivity index (χ3v) is 8.46. The minimum atomic E-state index is -1.60. The quantitative estimate of drug-likeness (QED) is 0.399. The fraction of sp³-hybridized carbons (Fsp3) is 0.258. The van der Waals surface area contributed by atoms with E-state index in [4.69, 9.17) is 25.8 Å². The number of Topliss-reactive ketones (excluding diaryl/α,β-unsaturated/α-hetero) is 3. The van der Waals surface area contributed by atoms with Gasteiger partial charge in [0.05, 0.1) is 33.4 Å². The Hall–Kier alpha value is -4.10. The maximum absolute atomic E-state index is 14.5. The molecule has 2 aliphatic heterocycles. The lowest BCUT2D eigenvalue weighted by Gasteiger charge is -2.37. The van der Waals surface area contributed by atoms with Crippen LogP contribution in [0.4, 0.5) is 5.69 Å². The van der Waals surface area contributed by atoms with Crippen molar-refractivity contribution in [1.82, 2.24) is 0 Å². The molecule has 0 saturated carbocycles. The Morgan fingerprint density at radius 1 is 0.897 bits per heavy atom. The molecule has 6 rings (SSSR count). The van der Waals surface area contributed by atoms with E-state index in [0.717, 1.165) is 11.3 Å². The lowest BCUT2D eigenvalue weighted by atomic mass is 9.64. The zero-order valence-electron chi connectivity index (χ0n) is 21.9. The van der Waals surface area contributed by atoms with Gasteiger partial charge in [0.2, 0.25) is 5.75 Å². The van der Waals surface area contributed by atoms with Crippen LogP contribution in [0.2, 0.25) is 5.02 Å². The molecule has 3 aliphatic rings. The highest BCUT2D eigenvalue weighted by atomic mass is 35.5. The molecule has 39 heavy (non-hydrogen) atoms. The van der Waals surface area contributed by atoms with Gasteiger partial charge in [-0.25, -0.2) is 0 Å². The molecule has 8 heteroatoms. The van der Waals surface area contributed by atoms with Crippen LogP contribution < -0.4 is 19.1 Å². The number of benzene rings is 3. The Balaban J connectivity index is 1.69. The Morgan fingerprint density at radius 3 is 2.05 bits per heavy atom. The molecule has 3 aromatic rings. The molecular weight excluding hydrogens is 518 g/mol. The first-order chi connectivity index (χ1) is 18.8. The van der Waals surface area contributed by atoms with Gasteiger partial charge >= 0.3 is 0 Å². The van der Waals surface area contributed by atoms with Crippen LogP contribution >= 0.6 is 11.6 Å². The molecule has 1 spiro atoms. The highest BCUT2D eigenvalue weighted by molar-refractivity contribution is 6.32. The second-order valence-electron chi connectivity index (χ2n) is 9.98. The fourth-order valence-corrected chi connectivity index (χ4v) is 6.94. The minimum Gasteiger partial charge on any atom is -0.493 e. The predicted octanol–water partition coefficient (Wildman–Crippen LogP) is 5.39.